The molecule has 17 heavy (non-hydrogen) atoms. The SMILES string of the molecule is COCCC(C)NC(C)c1ccc(F)c(F)c1. The molecule has 1 aromatic carbocycles. The van der Waals surface area contributed by atoms with Gasteiger partial charge in [0.15, 0.2) is 11.6 Å². The van der Waals surface area contributed by atoms with Crippen LogP contribution in [0, 0.1) is 11.6 Å². The Labute approximate surface area is 101 Å². The second-order valence-corrected chi connectivity index (χ2v) is 4.24. The van der Waals surface area contributed by atoms with Crippen LogP contribution in [-0.2, 0) is 4.74 Å². The number of halogens is 2. The summed E-state index contributed by atoms with van der Waals surface area (Å²) in [6, 6.07) is 4.23. The zero-order valence-corrected chi connectivity index (χ0v) is 10.5. The Bertz CT molecular complexity index is 357. The number of nitrogens with one attached hydrogen (secondary N) is 1. The number of rotatable bonds is 6. The zero-order chi connectivity index (χ0) is 12.8. The molecule has 0 aliphatic heterocycles. The van der Waals surface area contributed by atoms with E-state index in [1.54, 1.807) is 13.2 Å². The second kappa shape index (κ2) is 6.67. The maximum absolute atomic E-state index is 13.1. The van der Waals surface area contributed by atoms with Crippen molar-refractivity contribution in [3.63, 3.8) is 0 Å². The van der Waals surface area contributed by atoms with Crippen LogP contribution in [0.3, 0.4) is 0 Å². The molecule has 2 unspecified atom stereocenters. The molecule has 0 aliphatic carbocycles. The van der Waals surface area contributed by atoms with Crippen molar-refractivity contribution in [3.05, 3.63) is 35.4 Å². The fourth-order valence-corrected chi connectivity index (χ4v) is 1.68. The van der Waals surface area contributed by atoms with Gasteiger partial charge in [0.2, 0.25) is 0 Å². The molecule has 0 bridgehead atoms. The molecule has 0 radical (unpaired) electrons. The predicted molar refractivity (Wildman–Crippen MR) is 63.9 cm³/mol. The summed E-state index contributed by atoms with van der Waals surface area (Å²) in [6.45, 7) is 4.64. The fraction of sp³-hybridized carbons (Fsp3) is 0.538. The Balaban J connectivity index is 2.57. The molecule has 4 heteroatoms. The number of benzene rings is 1. The van der Waals surface area contributed by atoms with Gasteiger partial charge in [0.05, 0.1) is 0 Å². The van der Waals surface area contributed by atoms with E-state index in [4.69, 9.17) is 4.74 Å². The Morgan fingerprint density at radius 1 is 1.24 bits per heavy atom. The molecule has 0 fully saturated rings. The maximum atomic E-state index is 13.1. The van der Waals surface area contributed by atoms with Crippen molar-refractivity contribution in [2.24, 2.45) is 0 Å². The van der Waals surface area contributed by atoms with Crippen LogP contribution in [0.15, 0.2) is 18.2 Å². The van der Waals surface area contributed by atoms with Crippen molar-refractivity contribution >= 4 is 0 Å². The van der Waals surface area contributed by atoms with E-state index in [9.17, 15) is 8.78 Å². The summed E-state index contributed by atoms with van der Waals surface area (Å²) >= 11 is 0. The summed E-state index contributed by atoms with van der Waals surface area (Å²) in [4.78, 5) is 0. The first-order valence-electron chi connectivity index (χ1n) is 5.74. The van der Waals surface area contributed by atoms with Crippen LogP contribution in [0.1, 0.15) is 31.9 Å². The molecule has 0 saturated heterocycles. The average molecular weight is 243 g/mol. The number of hydrogen-bond acceptors (Lipinski definition) is 2. The van der Waals surface area contributed by atoms with Gasteiger partial charge in [-0.1, -0.05) is 6.07 Å². The molecule has 0 saturated carbocycles. The highest BCUT2D eigenvalue weighted by Crippen LogP contribution is 2.16. The van der Waals surface area contributed by atoms with Gasteiger partial charge < -0.3 is 10.1 Å². The lowest BCUT2D eigenvalue weighted by molar-refractivity contribution is 0.183. The highest BCUT2D eigenvalue weighted by Gasteiger charge is 2.11. The van der Waals surface area contributed by atoms with Gasteiger partial charge in [-0.05, 0) is 38.0 Å². The molecule has 1 rings (SSSR count). The van der Waals surface area contributed by atoms with Gasteiger partial charge in [-0.15, -0.1) is 0 Å². The summed E-state index contributed by atoms with van der Waals surface area (Å²) < 4.78 is 30.8. The van der Waals surface area contributed by atoms with E-state index < -0.39 is 11.6 Å². The van der Waals surface area contributed by atoms with Gasteiger partial charge in [-0.25, -0.2) is 8.78 Å². The molecule has 0 aromatic heterocycles. The molecule has 1 aromatic rings. The summed E-state index contributed by atoms with van der Waals surface area (Å²) in [5.74, 6) is -1.62. The van der Waals surface area contributed by atoms with Crippen molar-refractivity contribution in [3.8, 4) is 0 Å². The van der Waals surface area contributed by atoms with Crippen LogP contribution >= 0.6 is 0 Å². The van der Waals surface area contributed by atoms with Gasteiger partial charge in [-0.2, -0.15) is 0 Å². The lowest BCUT2D eigenvalue weighted by atomic mass is 10.1. The van der Waals surface area contributed by atoms with E-state index in [2.05, 4.69) is 5.32 Å². The molecule has 0 heterocycles. The standard InChI is InChI=1S/C13H19F2NO/c1-9(6-7-17-3)16-10(2)11-4-5-12(14)13(15)8-11/h4-5,8-10,16H,6-7H2,1-3H3. The van der Waals surface area contributed by atoms with Gasteiger partial charge in [0.25, 0.3) is 0 Å². The minimum atomic E-state index is -0.812. The lowest BCUT2D eigenvalue weighted by Gasteiger charge is -2.20. The van der Waals surface area contributed by atoms with Gasteiger partial charge in [0, 0.05) is 25.8 Å². The Hall–Kier alpha value is -1.00. The molecular formula is C13H19F2NO. The highest BCUT2D eigenvalue weighted by molar-refractivity contribution is 5.20. The Morgan fingerprint density at radius 3 is 2.53 bits per heavy atom. The predicted octanol–water partition coefficient (Wildman–Crippen LogP) is 3.04. The van der Waals surface area contributed by atoms with E-state index in [1.807, 2.05) is 13.8 Å². The minimum absolute atomic E-state index is 0.0167. The van der Waals surface area contributed by atoms with Crippen LogP contribution in [0.2, 0.25) is 0 Å². The molecule has 0 spiro atoms. The van der Waals surface area contributed by atoms with Crippen LogP contribution in [0.25, 0.3) is 0 Å². The van der Waals surface area contributed by atoms with Gasteiger partial charge >= 0.3 is 0 Å². The minimum Gasteiger partial charge on any atom is -0.385 e. The molecule has 0 amide bonds. The normalized spacial score (nSPS) is 14.6. The van der Waals surface area contributed by atoms with Crippen molar-refractivity contribution < 1.29 is 13.5 Å². The molecule has 2 nitrogen and oxygen atoms in total. The number of ether oxygens (including phenoxy) is 1. The van der Waals surface area contributed by atoms with E-state index in [-0.39, 0.29) is 12.1 Å². The van der Waals surface area contributed by atoms with E-state index in [0.717, 1.165) is 18.1 Å². The van der Waals surface area contributed by atoms with Crippen molar-refractivity contribution in [2.45, 2.75) is 32.4 Å². The largest absolute Gasteiger partial charge is 0.385 e. The highest BCUT2D eigenvalue weighted by atomic mass is 19.2. The summed E-state index contributed by atoms with van der Waals surface area (Å²) in [5, 5.41) is 3.31. The first-order chi connectivity index (χ1) is 8.04. The average Bonchev–Trinajstić information content (AvgIpc) is 2.30. The van der Waals surface area contributed by atoms with Crippen molar-refractivity contribution in [2.75, 3.05) is 13.7 Å². The number of hydrogen-bond donors (Lipinski definition) is 1. The van der Waals surface area contributed by atoms with Crippen LogP contribution in [-0.4, -0.2) is 19.8 Å². The molecule has 96 valence electrons. The Kier molecular flexibility index (Phi) is 5.51. The lowest BCUT2D eigenvalue weighted by Crippen LogP contribution is -2.30. The smallest absolute Gasteiger partial charge is 0.159 e. The Morgan fingerprint density at radius 2 is 1.94 bits per heavy atom. The van der Waals surface area contributed by atoms with Gasteiger partial charge in [-0.3, -0.25) is 0 Å². The second-order valence-electron chi connectivity index (χ2n) is 4.24. The third kappa shape index (κ3) is 4.40. The van der Waals surface area contributed by atoms with Crippen LogP contribution < -0.4 is 5.32 Å². The zero-order valence-electron chi connectivity index (χ0n) is 10.5. The number of methoxy groups -OCH3 is 1. The topological polar surface area (TPSA) is 21.3 Å². The van der Waals surface area contributed by atoms with Gasteiger partial charge in [0.1, 0.15) is 0 Å². The molecule has 1 N–H and O–H groups in total. The summed E-state index contributed by atoms with van der Waals surface area (Å²) in [7, 11) is 1.66. The first kappa shape index (κ1) is 14.1. The first-order valence-corrected chi connectivity index (χ1v) is 5.74. The molecule has 0 aliphatic rings. The summed E-state index contributed by atoms with van der Waals surface area (Å²) in [5.41, 5.74) is 0.744. The molecular weight excluding hydrogens is 224 g/mol. The van der Waals surface area contributed by atoms with Crippen LogP contribution in [0.5, 0.6) is 0 Å². The maximum Gasteiger partial charge on any atom is 0.159 e. The van der Waals surface area contributed by atoms with Crippen molar-refractivity contribution in [1.29, 1.82) is 0 Å². The summed E-state index contributed by atoms with van der Waals surface area (Å²) in [6.07, 6.45) is 0.879. The third-order valence-electron chi connectivity index (χ3n) is 2.73. The van der Waals surface area contributed by atoms with E-state index >= 15 is 0 Å². The van der Waals surface area contributed by atoms with Crippen LogP contribution in [0.4, 0.5) is 8.78 Å². The monoisotopic (exact) mass is 243 g/mol. The van der Waals surface area contributed by atoms with E-state index in [1.165, 1.54) is 6.07 Å². The fourth-order valence-electron chi connectivity index (χ4n) is 1.68. The quantitative estimate of drug-likeness (QED) is 0.829. The molecule has 2 atom stereocenters. The third-order valence-corrected chi connectivity index (χ3v) is 2.73. The van der Waals surface area contributed by atoms with E-state index in [0.29, 0.717) is 6.61 Å². The van der Waals surface area contributed by atoms with Crippen molar-refractivity contribution in [1.82, 2.24) is 5.32 Å².